The molecule has 1 amide bonds. The molecule has 0 saturated carbocycles. The summed E-state index contributed by atoms with van der Waals surface area (Å²) in [5, 5.41) is 3.17. The average Bonchev–Trinajstić information content (AvgIpc) is 2.48. The number of hydrogen-bond donors (Lipinski definition) is 1. The van der Waals surface area contributed by atoms with Crippen LogP contribution in [0.2, 0.25) is 0 Å². The summed E-state index contributed by atoms with van der Waals surface area (Å²) in [7, 11) is -0.836. The molecule has 0 radical (unpaired) electrons. The second-order valence-corrected chi connectivity index (χ2v) is 5.50. The van der Waals surface area contributed by atoms with Gasteiger partial charge in [-0.1, -0.05) is 6.92 Å². The molecule has 1 aliphatic heterocycles. The van der Waals surface area contributed by atoms with Gasteiger partial charge in [0.25, 0.3) is 0 Å². The molecular weight excluding hydrogens is 212 g/mol. The number of amides is 1. The molecule has 0 aromatic rings. The highest BCUT2D eigenvalue weighted by atomic mass is 32.2. The lowest BCUT2D eigenvalue weighted by molar-refractivity contribution is -0.130. The summed E-state index contributed by atoms with van der Waals surface area (Å²) in [6.07, 6.45) is 2.55. The van der Waals surface area contributed by atoms with Gasteiger partial charge in [-0.2, -0.15) is 0 Å². The number of rotatable bonds is 5. The minimum absolute atomic E-state index is 0.0252. The molecule has 1 N–H and O–H groups in total. The molecule has 1 aliphatic rings. The third-order valence-corrected chi connectivity index (χ3v) is 3.65. The summed E-state index contributed by atoms with van der Waals surface area (Å²) >= 11 is 0. The SMILES string of the molecule is CCNC1CCN(C(C)CS(C)=O)C1=O. The van der Waals surface area contributed by atoms with Crippen LogP contribution in [0, 0.1) is 0 Å². The van der Waals surface area contributed by atoms with Crippen molar-refractivity contribution in [1.82, 2.24) is 10.2 Å². The van der Waals surface area contributed by atoms with Gasteiger partial charge < -0.3 is 10.2 Å². The van der Waals surface area contributed by atoms with Gasteiger partial charge in [-0.15, -0.1) is 0 Å². The monoisotopic (exact) mass is 232 g/mol. The van der Waals surface area contributed by atoms with E-state index in [0.29, 0.717) is 5.75 Å². The third-order valence-electron chi connectivity index (χ3n) is 2.70. The van der Waals surface area contributed by atoms with Crippen molar-refractivity contribution in [3.63, 3.8) is 0 Å². The van der Waals surface area contributed by atoms with E-state index in [4.69, 9.17) is 0 Å². The van der Waals surface area contributed by atoms with Crippen molar-refractivity contribution in [3.8, 4) is 0 Å². The van der Waals surface area contributed by atoms with Gasteiger partial charge >= 0.3 is 0 Å². The molecule has 3 unspecified atom stereocenters. The number of carbonyl (C=O) groups is 1. The van der Waals surface area contributed by atoms with Crippen LogP contribution in [0.4, 0.5) is 0 Å². The van der Waals surface area contributed by atoms with Gasteiger partial charge in [-0.25, -0.2) is 0 Å². The van der Waals surface area contributed by atoms with Crippen molar-refractivity contribution in [2.75, 3.05) is 25.1 Å². The highest BCUT2D eigenvalue weighted by molar-refractivity contribution is 7.84. The average molecular weight is 232 g/mol. The predicted molar refractivity (Wildman–Crippen MR) is 62.2 cm³/mol. The Hall–Kier alpha value is -0.420. The van der Waals surface area contributed by atoms with E-state index in [1.54, 1.807) is 6.26 Å². The number of nitrogens with zero attached hydrogens (tertiary/aromatic N) is 1. The molecule has 0 bridgehead atoms. The first-order valence-corrected chi connectivity index (χ1v) is 7.12. The van der Waals surface area contributed by atoms with E-state index in [1.807, 2.05) is 18.7 Å². The summed E-state index contributed by atoms with van der Waals surface area (Å²) in [5.74, 6) is 0.736. The number of carbonyl (C=O) groups excluding carboxylic acids is 1. The van der Waals surface area contributed by atoms with Crippen molar-refractivity contribution in [2.24, 2.45) is 0 Å². The summed E-state index contributed by atoms with van der Waals surface area (Å²) in [6.45, 7) is 5.57. The minimum atomic E-state index is -0.836. The Morgan fingerprint density at radius 2 is 2.33 bits per heavy atom. The van der Waals surface area contributed by atoms with Crippen LogP contribution in [0.3, 0.4) is 0 Å². The zero-order valence-electron chi connectivity index (χ0n) is 9.66. The lowest BCUT2D eigenvalue weighted by atomic mass is 10.2. The number of hydrogen-bond acceptors (Lipinski definition) is 3. The Kier molecular flexibility index (Phi) is 4.73. The highest BCUT2D eigenvalue weighted by Crippen LogP contribution is 2.14. The van der Waals surface area contributed by atoms with E-state index in [2.05, 4.69) is 5.32 Å². The highest BCUT2D eigenvalue weighted by Gasteiger charge is 2.33. The molecule has 0 aliphatic carbocycles. The van der Waals surface area contributed by atoms with Gasteiger partial charge in [0, 0.05) is 35.4 Å². The zero-order valence-corrected chi connectivity index (χ0v) is 10.5. The second-order valence-electron chi connectivity index (χ2n) is 4.02. The van der Waals surface area contributed by atoms with Gasteiger partial charge in [0.15, 0.2) is 0 Å². The van der Waals surface area contributed by atoms with E-state index in [9.17, 15) is 9.00 Å². The summed E-state index contributed by atoms with van der Waals surface area (Å²) in [4.78, 5) is 13.7. The molecule has 1 fully saturated rings. The van der Waals surface area contributed by atoms with Gasteiger partial charge in [-0.3, -0.25) is 9.00 Å². The van der Waals surface area contributed by atoms with E-state index < -0.39 is 10.8 Å². The van der Waals surface area contributed by atoms with Crippen LogP contribution in [0.15, 0.2) is 0 Å². The Balaban J connectivity index is 2.51. The second kappa shape index (κ2) is 5.61. The lowest BCUT2D eigenvalue weighted by Gasteiger charge is -2.24. The molecule has 15 heavy (non-hydrogen) atoms. The van der Waals surface area contributed by atoms with Gasteiger partial charge in [-0.05, 0) is 19.9 Å². The first-order valence-electron chi connectivity index (χ1n) is 5.40. The Bertz CT molecular complexity index is 258. The van der Waals surface area contributed by atoms with Crippen LogP contribution in [-0.2, 0) is 15.6 Å². The fourth-order valence-electron chi connectivity index (χ4n) is 2.01. The van der Waals surface area contributed by atoms with Crippen molar-refractivity contribution in [1.29, 1.82) is 0 Å². The molecule has 3 atom stereocenters. The Labute approximate surface area is 93.9 Å². The molecule has 5 heteroatoms. The smallest absolute Gasteiger partial charge is 0.240 e. The summed E-state index contributed by atoms with van der Waals surface area (Å²) in [6, 6.07) is 0.0646. The van der Waals surface area contributed by atoms with Gasteiger partial charge in [0.1, 0.15) is 0 Å². The van der Waals surface area contributed by atoms with Crippen molar-refractivity contribution < 1.29 is 9.00 Å². The molecule has 1 heterocycles. The lowest BCUT2D eigenvalue weighted by Crippen LogP contribution is -2.43. The van der Waals surface area contributed by atoms with E-state index in [1.165, 1.54) is 0 Å². The fraction of sp³-hybridized carbons (Fsp3) is 0.900. The minimum Gasteiger partial charge on any atom is -0.338 e. The maximum absolute atomic E-state index is 11.9. The zero-order chi connectivity index (χ0) is 11.4. The van der Waals surface area contributed by atoms with Crippen LogP contribution >= 0.6 is 0 Å². The van der Waals surface area contributed by atoms with Crippen molar-refractivity contribution >= 4 is 16.7 Å². The van der Waals surface area contributed by atoms with Crippen molar-refractivity contribution in [2.45, 2.75) is 32.4 Å². The van der Waals surface area contributed by atoms with E-state index in [0.717, 1.165) is 19.5 Å². The normalized spacial score (nSPS) is 25.7. The molecule has 0 spiro atoms. The molecular formula is C10H20N2O2S. The molecule has 1 rings (SSSR count). The molecule has 0 aromatic carbocycles. The largest absolute Gasteiger partial charge is 0.338 e. The Morgan fingerprint density at radius 1 is 1.67 bits per heavy atom. The summed E-state index contributed by atoms with van der Waals surface area (Å²) < 4.78 is 11.1. The number of likely N-dealkylation sites (N-methyl/N-ethyl adjacent to an activating group) is 1. The maximum Gasteiger partial charge on any atom is 0.240 e. The Morgan fingerprint density at radius 3 is 2.87 bits per heavy atom. The van der Waals surface area contributed by atoms with E-state index >= 15 is 0 Å². The predicted octanol–water partition coefficient (Wildman–Crippen LogP) is -0.0362. The summed E-state index contributed by atoms with van der Waals surface area (Å²) in [5.41, 5.74) is 0. The maximum atomic E-state index is 11.9. The van der Waals surface area contributed by atoms with Crippen LogP contribution in [0.1, 0.15) is 20.3 Å². The first kappa shape index (κ1) is 12.6. The van der Waals surface area contributed by atoms with Gasteiger partial charge in [0.2, 0.25) is 5.91 Å². The first-order chi connectivity index (χ1) is 7.06. The molecule has 88 valence electrons. The fourth-order valence-corrected chi connectivity index (χ4v) is 2.86. The van der Waals surface area contributed by atoms with Crippen LogP contribution in [0.25, 0.3) is 0 Å². The quantitative estimate of drug-likeness (QED) is 0.724. The number of likely N-dealkylation sites (tertiary alicyclic amines) is 1. The topological polar surface area (TPSA) is 49.4 Å². The van der Waals surface area contributed by atoms with Crippen LogP contribution in [-0.4, -0.2) is 52.2 Å². The molecule has 1 saturated heterocycles. The number of nitrogens with one attached hydrogen (secondary N) is 1. The molecule has 0 aromatic heterocycles. The molecule has 4 nitrogen and oxygen atoms in total. The third kappa shape index (κ3) is 3.28. The standard InChI is InChI=1S/C10H20N2O2S/c1-4-11-9-5-6-12(10(9)13)8(2)7-15(3)14/h8-9,11H,4-7H2,1-3H3. The van der Waals surface area contributed by atoms with Gasteiger partial charge in [0.05, 0.1) is 6.04 Å². The van der Waals surface area contributed by atoms with Crippen molar-refractivity contribution in [3.05, 3.63) is 0 Å². The van der Waals surface area contributed by atoms with Crippen LogP contribution in [0.5, 0.6) is 0 Å². The van der Waals surface area contributed by atoms with Crippen LogP contribution < -0.4 is 5.32 Å². The van der Waals surface area contributed by atoms with E-state index in [-0.39, 0.29) is 18.0 Å².